The van der Waals surface area contributed by atoms with Crippen LogP contribution in [0.15, 0.2) is 61.4 Å². The minimum atomic E-state index is 0.0213. The molecule has 1 aromatic heterocycles. The van der Waals surface area contributed by atoms with Crippen molar-refractivity contribution in [3.8, 4) is 11.1 Å². The molecule has 2 aliphatic rings. The van der Waals surface area contributed by atoms with Crippen molar-refractivity contribution >= 4 is 5.91 Å². The Balaban J connectivity index is 1.48. The third-order valence-corrected chi connectivity index (χ3v) is 5.84. The summed E-state index contributed by atoms with van der Waals surface area (Å²) >= 11 is 0. The fraction of sp³-hybridized carbons (Fsp3) is 0.417. The Labute approximate surface area is 167 Å². The molecule has 1 amide bonds. The Morgan fingerprint density at radius 1 is 1.04 bits per heavy atom. The van der Waals surface area contributed by atoms with Crippen LogP contribution in [0.2, 0.25) is 0 Å². The summed E-state index contributed by atoms with van der Waals surface area (Å²) in [5.74, 6) is 1.14. The van der Waals surface area contributed by atoms with Crippen molar-refractivity contribution in [3.63, 3.8) is 0 Å². The van der Waals surface area contributed by atoms with Crippen LogP contribution in [0, 0.1) is 11.8 Å². The van der Waals surface area contributed by atoms with Gasteiger partial charge in [-0.2, -0.15) is 0 Å². The highest BCUT2D eigenvalue weighted by molar-refractivity contribution is 5.80. The number of pyridine rings is 1. The molecular weight excluding hydrogens is 346 g/mol. The molecule has 146 valence electrons. The Morgan fingerprint density at radius 2 is 1.75 bits per heavy atom. The number of carbonyl (C=O) groups excluding carboxylic acids is 1. The third-order valence-electron chi connectivity index (χ3n) is 5.84. The fourth-order valence-corrected chi connectivity index (χ4v) is 4.09. The van der Waals surface area contributed by atoms with Gasteiger partial charge in [0, 0.05) is 45.1 Å². The van der Waals surface area contributed by atoms with E-state index in [2.05, 4.69) is 40.7 Å². The molecule has 28 heavy (non-hydrogen) atoms. The predicted octanol–water partition coefficient (Wildman–Crippen LogP) is 3.65. The maximum Gasteiger partial charge on any atom is 0.227 e. The molecule has 0 spiro atoms. The molecule has 0 radical (unpaired) electrons. The molecule has 1 atom stereocenters. The van der Waals surface area contributed by atoms with Crippen molar-refractivity contribution in [2.45, 2.75) is 19.3 Å². The van der Waals surface area contributed by atoms with E-state index in [0.29, 0.717) is 6.54 Å². The molecule has 2 fully saturated rings. The average Bonchev–Trinajstić information content (AvgIpc) is 3.56. The first-order chi connectivity index (χ1) is 13.7. The third kappa shape index (κ3) is 4.68. The molecule has 4 nitrogen and oxygen atoms in total. The van der Waals surface area contributed by atoms with Crippen LogP contribution < -0.4 is 0 Å². The predicted molar refractivity (Wildman–Crippen MR) is 113 cm³/mol. The number of hydrogen-bond acceptors (Lipinski definition) is 3. The second-order valence-corrected chi connectivity index (χ2v) is 8.11. The zero-order valence-corrected chi connectivity index (χ0v) is 16.5. The molecule has 1 aliphatic carbocycles. The van der Waals surface area contributed by atoms with Crippen LogP contribution in [-0.4, -0.2) is 53.4 Å². The molecule has 1 aliphatic heterocycles. The van der Waals surface area contributed by atoms with Gasteiger partial charge in [0.15, 0.2) is 0 Å². The lowest BCUT2D eigenvalue weighted by Gasteiger charge is -2.23. The van der Waals surface area contributed by atoms with Crippen molar-refractivity contribution in [1.29, 1.82) is 0 Å². The van der Waals surface area contributed by atoms with Crippen molar-refractivity contribution in [1.82, 2.24) is 14.8 Å². The van der Waals surface area contributed by atoms with Gasteiger partial charge in [-0.1, -0.05) is 30.3 Å². The first-order valence-electron chi connectivity index (χ1n) is 10.3. The van der Waals surface area contributed by atoms with E-state index in [9.17, 15) is 4.79 Å². The van der Waals surface area contributed by atoms with Gasteiger partial charge in [-0.25, -0.2) is 0 Å². The normalized spacial score (nSPS) is 20.8. The highest BCUT2D eigenvalue weighted by Gasteiger charge is 2.32. The van der Waals surface area contributed by atoms with Crippen molar-refractivity contribution in [3.05, 3.63) is 67.0 Å². The molecule has 1 saturated heterocycles. The minimum absolute atomic E-state index is 0.0213. The number of nitrogens with zero attached hydrogens (tertiary/aromatic N) is 3. The summed E-state index contributed by atoms with van der Waals surface area (Å²) < 4.78 is 0. The molecule has 1 saturated carbocycles. The highest BCUT2D eigenvalue weighted by atomic mass is 16.2. The number of hydrogen-bond donors (Lipinski definition) is 0. The molecule has 4 heteroatoms. The number of carbonyl (C=O) groups is 1. The molecule has 4 rings (SSSR count). The molecule has 0 N–H and O–H groups in total. The summed E-state index contributed by atoms with van der Waals surface area (Å²) in [6.07, 6.45) is 8.97. The van der Waals surface area contributed by atoms with Crippen molar-refractivity contribution in [2.75, 3.05) is 32.7 Å². The zero-order chi connectivity index (χ0) is 19.3. The quantitative estimate of drug-likeness (QED) is 0.693. The average molecular weight is 376 g/mol. The molecular formula is C24H29N3O. The number of benzene rings is 1. The zero-order valence-electron chi connectivity index (χ0n) is 16.5. The molecule has 0 bridgehead atoms. The Hall–Kier alpha value is -2.46. The van der Waals surface area contributed by atoms with Crippen LogP contribution in [0.3, 0.4) is 0 Å². The highest BCUT2D eigenvalue weighted by Crippen LogP contribution is 2.31. The van der Waals surface area contributed by atoms with E-state index in [1.807, 2.05) is 35.5 Å². The van der Waals surface area contributed by atoms with Crippen LogP contribution in [0.4, 0.5) is 0 Å². The first-order valence-corrected chi connectivity index (χ1v) is 10.3. The van der Waals surface area contributed by atoms with E-state index in [1.165, 1.54) is 29.5 Å². The van der Waals surface area contributed by atoms with Gasteiger partial charge in [-0.3, -0.25) is 9.78 Å². The standard InChI is InChI=1S/C24H29N3O/c1-2-13-27-15-14-26(17-20-3-4-20)18-23(24(27)28)16-19-5-7-21(8-6-19)22-9-11-25-12-10-22/h2,5-12,20,23H,1,3-4,13-18H2/t23-/m1/s1. The van der Waals surface area contributed by atoms with Gasteiger partial charge in [0.25, 0.3) is 0 Å². The lowest BCUT2D eigenvalue weighted by molar-refractivity contribution is -0.134. The van der Waals surface area contributed by atoms with E-state index in [1.54, 1.807) is 0 Å². The van der Waals surface area contributed by atoms with Crippen molar-refractivity contribution in [2.24, 2.45) is 11.8 Å². The topological polar surface area (TPSA) is 36.4 Å². The lowest BCUT2D eigenvalue weighted by Crippen LogP contribution is -2.37. The summed E-state index contributed by atoms with van der Waals surface area (Å²) in [6, 6.07) is 12.7. The van der Waals surface area contributed by atoms with Gasteiger partial charge in [-0.05, 0) is 54.0 Å². The Morgan fingerprint density at radius 3 is 2.43 bits per heavy atom. The van der Waals surface area contributed by atoms with Crippen LogP contribution in [0.1, 0.15) is 18.4 Å². The van der Waals surface area contributed by atoms with Crippen LogP contribution in [0.5, 0.6) is 0 Å². The first kappa shape index (κ1) is 18.9. The summed E-state index contributed by atoms with van der Waals surface area (Å²) in [6.45, 7) is 8.29. The maximum absolute atomic E-state index is 13.1. The van der Waals surface area contributed by atoms with Gasteiger partial charge in [-0.15, -0.1) is 6.58 Å². The van der Waals surface area contributed by atoms with Gasteiger partial charge in [0.05, 0.1) is 5.92 Å². The molecule has 1 aromatic carbocycles. The summed E-state index contributed by atoms with van der Waals surface area (Å²) in [5.41, 5.74) is 3.57. The van der Waals surface area contributed by atoms with E-state index < -0.39 is 0 Å². The maximum atomic E-state index is 13.1. The van der Waals surface area contributed by atoms with Gasteiger partial charge in [0.1, 0.15) is 0 Å². The largest absolute Gasteiger partial charge is 0.337 e. The SMILES string of the molecule is C=CCN1CCN(CC2CC2)C[C@@H](Cc2ccc(-c3ccncc3)cc2)C1=O. The Bertz CT molecular complexity index is 798. The lowest BCUT2D eigenvalue weighted by atomic mass is 9.95. The van der Waals surface area contributed by atoms with Gasteiger partial charge >= 0.3 is 0 Å². The number of aromatic nitrogens is 1. The smallest absolute Gasteiger partial charge is 0.227 e. The second-order valence-electron chi connectivity index (χ2n) is 8.11. The monoisotopic (exact) mass is 375 g/mol. The minimum Gasteiger partial charge on any atom is -0.337 e. The number of rotatable bonds is 7. The van der Waals surface area contributed by atoms with E-state index in [4.69, 9.17) is 0 Å². The van der Waals surface area contributed by atoms with E-state index in [-0.39, 0.29) is 11.8 Å². The van der Waals surface area contributed by atoms with Crippen LogP contribution >= 0.6 is 0 Å². The van der Waals surface area contributed by atoms with Crippen molar-refractivity contribution < 1.29 is 4.79 Å². The van der Waals surface area contributed by atoms with Gasteiger partial charge < -0.3 is 9.80 Å². The molecule has 0 unspecified atom stereocenters. The fourth-order valence-electron chi connectivity index (χ4n) is 4.09. The van der Waals surface area contributed by atoms with E-state index in [0.717, 1.165) is 38.5 Å². The number of amides is 1. The van der Waals surface area contributed by atoms with E-state index >= 15 is 0 Å². The van der Waals surface area contributed by atoms with Crippen LogP contribution in [-0.2, 0) is 11.2 Å². The Kier molecular flexibility index (Phi) is 5.87. The molecule has 2 aromatic rings. The summed E-state index contributed by atoms with van der Waals surface area (Å²) in [7, 11) is 0. The van der Waals surface area contributed by atoms with Gasteiger partial charge in [0.2, 0.25) is 5.91 Å². The molecule has 2 heterocycles. The summed E-state index contributed by atoms with van der Waals surface area (Å²) in [5, 5.41) is 0. The van der Waals surface area contributed by atoms with Crippen LogP contribution in [0.25, 0.3) is 11.1 Å². The second kappa shape index (κ2) is 8.70. The summed E-state index contributed by atoms with van der Waals surface area (Å²) in [4.78, 5) is 21.7.